The van der Waals surface area contributed by atoms with Crippen LogP contribution in [0.1, 0.15) is 23.3 Å². The Labute approximate surface area is 112 Å². The molecule has 19 heavy (non-hydrogen) atoms. The lowest BCUT2D eigenvalue weighted by molar-refractivity contribution is 0.0625. The molecule has 0 radical (unpaired) electrons. The smallest absolute Gasteiger partial charge is 0.105 e. The highest BCUT2D eigenvalue weighted by molar-refractivity contribution is 5.26. The van der Waals surface area contributed by atoms with Crippen molar-refractivity contribution in [1.29, 1.82) is 0 Å². The number of likely N-dealkylation sites (N-methyl/N-ethyl adjacent to an activating group) is 1. The second-order valence-electron chi connectivity index (χ2n) is 4.37. The van der Waals surface area contributed by atoms with Crippen LogP contribution < -0.4 is 0 Å². The van der Waals surface area contributed by atoms with Crippen LogP contribution in [0.2, 0.25) is 0 Å². The maximum atomic E-state index is 10.8. The Hall–Kier alpha value is -2.20. The van der Waals surface area contributed by atoms with Gasteiger partial charge in [0, 0.05) is 7.05 Å². The standard InChI is InChI=1S/C15H16N2O2/c1-17(16-19)14(12-8-4-2-5-9-12)15(18)13-10-6-3-7-11-13/h2-11,14-15,18H,1H3/t14-,15-/m0/s1. The number of hydrogen-bond acceptors (Lipinski definition) is 3. The zero-order valence-electron chi connectivity index (χ0n) is 10.7. The maximum absolute atomic E-state index is 10.8. The molecule has 0 aromatic heterocycles. The number of nitroso groups, excluding NO2 is 1. The number of nitrogens with zero attached hydrogens (tertiary/aromatic N) is 2. The fourth-order valence-electron chi connectivity index (χ4n) is 2.14. The van der Waals surface area contributed by atoms with Crippen LogP contribution in [0.25, 0.3) is 0 Å². The number of aliphatic hydroxyl groups excluding tert-OH is 1. The largest absolute Gasteiger partial charge is 0.386 e. The van der Waals surface area contributed by atoms with E-state index in [0.717, 1.165) is 11.1 Å². The Bertz CT molecular complexity index is 516. The van der Waals surface area contributed by atoms with Crippen molar-refractivity contribution in [2.24, 2.45) is 5.29 Å². The minimum atomic E-state index is -0.814. The highest BCUT2D eigenvalue weighted by atomic mass is 16.3. The third-order valence-electron chi connectivity index (χ3n) is 3.11. The van der Waals surface area contributed by atoms with Gasteiger partial charge in [-0.3, -0.25) is 5.01 Å². The Morgan fingerprint density at radius 2 is 1.42 bits per heavy atom. The van der Waals surface area contributed by atoms with Crippen molar-refractivity contribution in [1.82, 2.24) is 5.01 Å². The molecule has 0 aliphatic carbocycles. The van der Waals surface area contributed by atoms with Crippen LogP contribution in [-0.4, -0.2) is 17.2 Å². The van der Waals surface area contributed by atoms with E-state index in [4.69, 9.17) is 0 Å². The van der Waals surface area contributed by atoms with Crippen molar-refractivity contribution in [2.75, 3.05) is 7.05 Å². The summed E-state index contributed by atoms with van der Waals surface area (Å²) in [7, 11) is 1.57. The van der Waals surface area contributed by atoms with Gasteiger partial charge in [0.15, 0.2) is 0 Å². The van der Waals surface area contributed by atoms with Gasteiger partial charge >= 0.3 is 0 Å². The predicted molar refractivity (Wildman–Crippen MR) is 74.1 cm³/mol. The highest BCUT2D eigenvalue weighted by Gasteiger charge is 2.26. The van der Waals surface area contributed by atoms with E-state index in [1.807, 2.05) is 60.7 Å². The molecule has 0 unspecified atom stereocenters. The number of aliphatic hydroxyl groups is 1. The van der Waals surface area contributed by atoms with Gasteiger partial charge in [-0.25, -0.2) is 0 Å². The third-order valence-corrected chi connectivity index (χ3v) is 3.11. The zero-order chi connectivity index (χ0) is 13.7. The summed E-state index contributed by atoms with van der Waals surface area (Å²) >= 11 is 0. The quantitative estimate of drug-likeness (QED) is 0.660. The van der Waals surface area contributed by atoms with Crippen molar-refractivity contribution in [3.8, 4) is 0 Å². The first-order valence-electron chi connectivity index (χ1n) is 6.08. The molecule has 0 spiro atoms. The molecule has 4 nitrogen and oxygen atoms in total. The number of rotatable bonds is 5. The number of hydrogen-bond donors (Lipinski definition) is 1. The van der Waals surface area contributed by atoms with Gasteiger partial charge in [-0.15, -0.1) is 4.91 Å². The average molecular weight is 256 g/mol. The second-order valence-corrected chi connectivity index (χ2v) is 4.37. The Morgan fingerprint density at radius 1 is 0.947 bits per heavy atom. The molecule has 0 bridgehead atoms. The zero-order valence-corrected chi connectivity index (χ0v) is 10.7. The van der Waals surface area contributed by atoms with Gasteiger partial charge < -0.3 is 5.11 Å². The lowest BCUT2D eigenvalue weighted by atomic mass is 9.95. The van der Waals surface area contributed by atoms with E-state index in [1.165, 1.54) is 5.01 Å². The normalized spacial score (nSPS) is 13.6. The van der Waals surface area contributed by atoms with Gasteiger partial charge in [-0.1, -0.05) is 60.7 Å². The van der Waals surface area contributed by atoms with Crippen LogP contribution in [0.15, 0.2) is 65.9 Å². The first-order valence-corrected chi connectivity index (χ1v) is 6.08. The summed E-state index contributed by atoms with van der Waals surface area (Å²) in [5.41, 5.74) is 1.60. The highest BCUT2D eigenvalue weighted by Crippen LogP contribution is 2.33. The van der Waals surface area contributed by atoms with Crippen LogP contribution >= 0.6 is 0 Å². The van der Waals surface area contributed by atoms with Gasteiger partial charge in [0.1, 0.15) is 12.1 Å². The summed E-state index contributed by atoms with van der Waals surface area (Å²) in [4.78, 5) is 10.8. The van der Waals surface area contributed by atoms with Crippen molar-refractivity contribution < 1.29 is 5.11 Å². The molecule has 0 fully saturated rings. The molecular formula is C15H16N2O2. The summed E-state index contributed by atoms with van der Waals surface area (Å²) in [5, 5.41) is 14.7. The van der Waals surface area contributed by atoms with Crippen LogP contribution in [0.3, 0.4) is 0 Å². The minimum Gasteiger partial charge on any atom is -0.386 e. The summed E-state index contributed by atoms with van der Waals surface area (Å²) in [6.45, 7) is 0. The summed E-state index contributed by atoms with van der Waals surface area (Å²) in [6.07, 6.45) is -0.814. The SMILES string of the molecule is CN(N=O)[C@@H](c1ccccc1)[C@@H](O)c1ccccc1. The van der Waals surface area contributed by atoms with E-state index in [2.05, 4.69) is 5.29 Å². The molecule has 4 heteroatoms. The van der Waals surface area contributed by atoms with Crippen LogP contribution in [0, 0.1) is 4.91 Å². The molecule has 0 aliphatic rings. The number of benzene rings is 2. The van der Waals surface area contributed by atoms with Gasteiger partial charge in [-0.05, 0) is 11.1 Å². The van der Waals surface area contributed by atoms with Crippen molar-refractivity contribution in [2.45, 2.75) is 12.1 Å². The third kappa shape index (κ3) is 2.98. The van der Waals surface area contributed by atoms with E-state index >= 15 is 0 Å². The monoisotopic (exact) mass is 256 g/mol. The predicted octanol–water partition coefficient (Wildman–Crippen LogP) is 3.07. The van der Waals surface area contributed by atoms with Crippen molar-refractivity contribution >= 4 is 0 Å². The van der Waals surface area contributed by atoms with E-state index in [0.29, 0.717) is 0 Å². The van der Waals surface area contributed by atoms with Crippen LogP contribution in [0.4, 0.5) is 0 Å². The molecule has 1 N–H and O–H groups in total. The molecule has 2 aromatic carbocycles. The Morgan fingerprint density at radius 3 is 1.89 bits per heavy atom. The van der Waals surface area contributed by atoms with Gasteiger partial charge in [0.2, 0.25) is 0 Å². The maximum Gasteiger partial charge on any atom is 0.105 e. The first-order chi connectivity index (χ1) is 9.24. The lowest BCUT2D eigenvalue weighted by Crippen LogP contribution is -2.25. The molecule has 2 atom stereocenters. The minimum absolute atomic E-state index is 0.499. The van der Waals surface area contributed by atoms with Crippen LogP contribution in [0.5, 0.6) is 0 Å². The molecular weight excluding hydrogens is 240 g/mol. The van der Waals surface area contributed by atoms with Crippen molar-refractivity contribution in [3.63, 3.8) is 0 Å². The van der Waals surface area contributed by atoms with E-state index in [9.17, 15) is 10.0 Å². The first kappa shape index (κ1) is 13.2. The molecule has 2 rings (SSSR count). The van der Waals surface area contributed by atoms with E-state index in [-0.39, 0.29) is 0 Å². The van der Waals surface area contributed by atoms with Crippen molar-refractivity contribution in [3.05, 3.63) is 76.7 Å². The molecule has 0 saturated carbocycles. The molecule has 0 aliphatic heterocycles. The van der Waals surface area contributed by atoms with Crippen LogP contribution in [-0.2, 0) is 0 Å². The Balaban J connectivity index is 2.36. The topological polar surface area (TPSA) is 52.9 Å². The molecule has 0 heterocycles. The van der Waals surface area contributed by atoms with Gasteiger partial charge in [-0.2, -0.15) is 0 Å². The van der Waals surface area contributed by atoms with Gasteiger partial charge in [0.05, 0.1) is 5.29 Å². The van der Waals surface area contributed by atoms with E-state index < -0.39 is 12.1 Å². The second kappa shape index (κ2) is 6.11. The lowest BCUT2D eigenvalue weighted by Gasteiger charge is -2.28. The molecule has 0 saturated heterocycles. The fraction of sp³-hybridized carbons (Fsp3) is 0.200. The molecule has 2 aromatic rings. The van der Waals surface area contributed by atoms with Gasteiger partial charge in [0.25, 0.3) is 0 Å². The summed E-state index contributed by atoms with van der Waals surface area (Å²) < 4.78 is 0. The summed E-state index contributed by atoms with van der Waals surface area (Å²) in [6, 6.07) is 18.1. The average Bonchev–Trinajstić information content (AvgIpc) is 2.49. The van der Waals surface area contributed by atoms with E-state index in [1.54, 1.807) is 7.05 Å². The Kier molecular flexibility index (Phi) is 4.26. The molecule has 0 amide bonds. The molecule has 98 valence electrons. The fourth-order valence-corrected chi connectivity index (χ4v) is 2.14. The summed E-state index contributed by atoms with van der Waals surface area (Å²) in [5.74, 6) is 0.